The molecule has 0 bridgehead atoms. The van der Waals surface area contributed by atoms with Gasteiger partial charge in [-0.25, -0.2) is 9.97 Å². The molecule has 18 heavy (non-hydrogen) atoms. The molecule has 4 nitrogen and oxygen atoms in total. The van der Waals surface area contributed by atoms with Crippen LogP contribution in [0.15, 0.2) is 36.9 Å². The van der Waals surface area contributed by atoms with Gasteiger partial charge in [-0.15, -0.1) is 0 Å². The molecule has 0 aliphatic rings. The Labute approximate surface area is 111 Å². The molecule has 1 aromatic heterocycles. The first-order valence-electron chi connectivity index (χ1n) is 5.52. The van der Waals surface area contributed by atoms with Crippen LogP contribution in [0.3, 0.4) is 0 Å². The van der Waals surface area contributed by atoms with Crippen molar-refractivity contribution in [3.63, 3.8) is 0 Å². The van der Waals surface area contributed by atoms with E-state index in [2.05, 4.69) is 15.3 Å². The highest BCUT2D eigenvalue weighted by molar-refractivity contribution is 6.30. The number of rotatable bonds is 4. The predicted molar refractivity (Wildman–Crippen MR) is 70.9 cm³/mol. The first-order chi connectivity index (χ1) is 8.76. The van der Waals surface area contributed by atoms with Gasteiger partial charge in [0, 0.05) is 28.5 Å². The van der Waals surface area contributed by atoms with E-state index >= 15 is 0 Å². The molecule has 1 atom stereocenters. The first-order valence-corrected chi connectivity index (χ1v) is 5.89. The van der Waals surface area contributed by atoms with Crippen molar-refractivity contribution in [1.82, 2.24) is 15.3 Å². The van der Waals surface area contributed by atoms with E-state index in [0.717, 1.165) is 16.9 Å². The standard InChI is InChI=1S/C13H14ClN3O/c1-15-13(9-6-16-8-17-7-9)11-4-3-10(14)5-12(11)18-2/h3-8,13,15H,1-2H3. The van der Waals surface area contributed by atoms with Gasteiger partial charge in [0.05, 0.1) is 13.2 Å². The number of ether oxygens (including phenoxy) is 1. The molecule has 0 fully saturated rings. The number of benzene rings is 1. The van der Waals surface area contributed by atoms with Gasteiger partial charge in [-0.1, -0.05) is 17.7 Å². The van der Waals surface area contributed by atoms with Crippen LogP contribution in [0.5, 0.6) is 5.75 Å². The topological polar surface area (TPSA) is 47.0 Å². The second-order valence-electron chi connectivity index (χ2n) is 3.78. The lowest BCUT2D eigenvalue weighted by molar-refractivity contribution is 0.405. The second kappa shape index (κ2) is 5.80. The average molecular weight is 264 g/mol. The largest absolute Gasteiger partial charge is 0.496 e. The third kappa shape index (κ3) is 2.60. The molecular formula is C13H14ClN3O. The van der Waals surface area contributed by atoms with Crippen LogP contribution in [-0.2, 0) is 0 Å². The summed E-state index contributed by atoms with van der Waals surface area (Å²) in [5, 5.41) is 3.87. The van der Waals surface area contributed by atoms with Crippen LogP contribution in [0.25, 0.3) is 0 Å². The van der Waals surface area contributed by atoms with Crippen molar-refractivity contribution in [1.29, 1.82) is 0 Å². The van der Waals surface area contributed by atoms with Crippen molar-refractivity contribution in [2.45, 2.75) is 6.04 Å². The number of halogens is 1. The summed E-state index contributed by atoms with van der Waals surface area (Å²) < 4.78 is 5.37. The zero-order valence-corrected chi connectivity index (χ0v) is 11.0. The highest BCUT2D eigenvalue weighted by Gasteiger charge is 2.17. The minimum absolute atomic E-state index is 0.0292. The summed E-state index contributed by atoms with van der Waals surface area (Å²) in [4.78, 5) is 8.07. The van der Waals surface area contributed by atoms with Crippen LogP contribution in [0.1, 0.15) is 17.2 Å². The number of hydrogen-bond donors (Lipinski definition) is 1. The number of nitrogens with one attached hydrogen (secondary N) is 1. The molecule has 0 saturated heterocycles. The summed E-state index contributed by atoms with van der Waals surface area (Å²) in [7, 11) is 3.51. The number of methoxy groups -OCH3 is 1. The van der Waals surface area contributed by atoms with E-state index in [-0.39, 0.29) is 6.04 Å². The zero-order valence-electron chi connectivity index (χ0n) is 10.2. The van der Waals surface area contributed by atoms with Gasteiger partial charge < -0.3 is 10.1 Å². The predicted octanol–water partition coefficient (Wildman–Crippen LogP) is 2.45. The van der Waals surface area contributed by atoms with Gasteiger partial charge in [-0.05, 0) is 19.2 Å². The summed E-state index contributed by atoms with van der Waals surface area (Å²) in [5.41, 5.74) is 1.97. The van der Waals surface area contributed by atoms with Crippen LogP contribution >= 0.6 is 11.6 Å². The van der Waals surface area contributed by atoms with E-state index in [9.17, 15) is 0 Å². The fraction of sp³-hybridized carbons (Fsp3) is 0.231. The molecule has 1 heterocycles. The van der Waals surface area contributed by atoms with Gasteiger partial charge in [-0.3, -0.25) is 0 Å². The Morgan fingerprint density at radius 3 is 2.61 bits per heavy atom. The highest BCUT2D eigenvalue weighted by atomic mass is 35.5. The van der Waals surface area contributed by atoms with E-state index in [0.29, 0.717) is 5.02 Å². The number of nitrogens with zero attached hydrogens (tertiary/aromatic N) is 2. The lowest BCUT2D eigenvalue weighted by Gasteiger charge is -2.19. The first kappa shape index (κ1) is 12.8. The fourth-order valence-corrected chi connectivity index (χ4v) is 2.05. The lowest BCUT2D eigenvalue weighted by Crippen LogP contribution is -2.18. The monoisotopic (exact) mass is 263 g/mol. The van der Waals surface area contributed by atoms with Crippen molar-refractivity contribution in [2.24, 2.45) is 0 Å². The number of aromatic nitrogens is 2. The van der Waals surface area contributed by atoms with Gasteiger partial charge in [0.25, 0.3) is 0 Å². The Hall–Kier alpha value is -1.65. The van der Waals surface area contributed by atoms with Crippen LogP contribution in [0, 0.1) is 0 Å². The van der Waals surface area contributed by atoms with E-state index in [1.165, 1.54) is 6.33 Å². The Balaban J connectivity index is 2.45. The van der Waals surface area contributed by atoms with Crippen LogP contribution in [0.2, 0.25) is 5.02 Å². The second-order valence-corrected chi connectivity index (χ2v) is 4.22. The summed E-state index contributed by atoms with van der Waals surface area (Å²) in [5.74, 6) is 0.741. The van der Waals surface area contributed by atoms with Crippen molar-refractivity contribution in [2.75, 3.05) is 14.2 Å². The summed E-state index contributed by atoms with van der Waals surface area (Å²) in [6.07, 6.45) is 5.07. The van der Waals surface area contributed by atoms with Crippen LogP contribution in [-0.4, -0.2) is 24.1 Å². The summed E-state index contributed by atoms with van der Waals surface area (Å²) >= 11 is 5.96. The Morgan fingerprint density at radius 2 is 2.00 bits per heavy atom. The smallest absolute Gasteiger partial charge is 0.125 e. The molecule has 94 valence electrons. The zero-order chi connectivity index (χ0) is 13.0. The molecule has 2 aromatic rings. The molecule has 0 amide bonds. The molecule has 0 aliphatic heterocycles. The molecule has 0 spiro atoms. The van der Waals surface area contributed by atoms with E-state index < -0.39 is 0 Å². The van der Waals surface area contributed by atoms with Gasteiger partial charge in [0.2, 0.25) is 0 Å². The Bertz CT molecular complexity index is 519. The number of hydrogen-bond acceptors (Lipinski definition) is 4. The van der Waals surface area contributed by atoms with Gasteiger partial charge in [0.1, 0.15) is 12.1 Å². The summed E-state index contributed by atoms with van der Waals surface area (Å²) in [6.45, 7) is 0. The van der Waals surface area contributed by atoms with Crippen LogP contribution in [0.4, 0.5) is 0 Å². The fourth-order valence-electron chi connectivity index (χ4n) is 1.88. The molecular weight excluding hydrogens is 250 g/mol. The minimum atomic E-state index is -0.0292. The Kier molecular flexibility index (Phi) is 4.12. The van der Waals surface area contributed by atoms with Gasteiger partial charge >= 0.3 is 0 Å². The lowest BCUT2D eigenvalue weighted by atomic mass is 10.0. The molecule has 0 saturated carbocycles. The Morgan fingerprint density at radius 1 is 1.28 bits per heavy atom. The SMILES string of the molecule is CNC(c1cncnc1)c1ccc(Cl)cc1OC. The van der Waals surface area contributed by atoms with E-state index in [1.54, 1.807) is 25.6 Å². The quantitative estimate of drug-likeness (QED) is 0.920. The van der Waals surface area contributed by atoms with Gasteiger partial charge in [-0.2, -0.15) is 0 Å². The molecule has 0 radical (unpaired) electrons. The molecule has 5 heteroatoms. The van der Waals surface area contributed by atoms with E-state index in [1.807, 2.05) is 19.2 Å². The molecule has 1 N–H and O–H groups in total. The van der Waals surface area contributed by atoms with Crippen molar-refractivity contribution < 1.29 is 4.74 Å². The minimum Gasteiger partial charge on any atom is -0.496 e. The third-order valence-electron chi connectivity index (χ3n) is 2.71. The molecule has 2 rings (SSSR count). The van der Waals surface area contributed by atoms with Crippen molar-refractivity contribution in [3.05, 3.63) is 53.1 Å². The average Bonchev–Trinajstić information content (AvgIpc) is 2.42. The maximum absolute atomic E-state index is 5.96. The third-order valence-corrected chi connectivity index (χ3v) is 2.94. The van der Waals surface area contributed by atoms with Crippen LogP contribution < -0.4 is 10.1 Å². The molecule has 0 aliphatic carbocycles. The highest BCUT2D eigenvalue weighted by Crippen LogP contribution is 2.31. The van der Waals surface area contributed by atoms with Gasteiger partial charge in [0.15, 0.2) is 0 Å². The molecule has 1 aromatic carbocycles. The van der Waals surface area contributed by atoms with Crippen molar-refractivity contribution in [3.8, 4) is 5.75 Å². The molecule has 1 unspecified atom stereocenters. The maximum atomic E-state index is 5.96. The summed E-state index contributed by atoms with van der Waals surface area (Å²) in [6, 6.07) is 5.55. The van der Waals surface area contributed by atoms with E-state index in [4.69, 9.17) is 16.3 Å². The maximum Gasteiger partial charge on any atom is 0.125 e. The normalized spacial score (nSPS) is 12.2. The van der Waals surface area contributed by atoms with Crippen molar-refractivity contribution >= 4 is 11.6 Å².